The second kappa shape index (κ2) is 5.06. The fourth-order valence-corrected chi connectivity index (χ4v) is 2.40. The molecule has 3 rings (SSSR count). The number of hydrogen-bond donors (Lipinski definition) is 1. The van der Waals surface area contributed by atoms with Crippen molar-refractivity contribution < 1.29 is 0 Å². The summed E-state index contributed by atoms with van der Waals surface area (Å²) >= 11 is 3.60. The first-order chi connectivity index (χ1) is 9.15. The van der Waals surface area contributed by atoms with Gasteiger partial charge < -0.3 is 5.32 Å². The summed E-state index contributed by atoms with van der Waals surface area (Å²) in [7, 11) is 0. The highest BCUT2D eigenvalue weighted by Crippen LogP contribution is 2.25. The van der Waals surface area contributed by atoms with E-state index in [9.17, 15) is 0 Å². The number of aryl methyl sites for hydroxylation is 2. The van der Waals surface area contributed by atoms with E-state index in [4.69, 9.17) is 0 Å². The third kappa shape index (κ3) is 2.72. The molecule has 2 aromatic rings. The van der Waals surface area contributed by atoms with Crippen LogP contribution in [-0.4, -0.2) is 21.0 Å². The number of aromatic nitrogens is 3. The number of rotatable bonds is 4. The van der Waals surface area contributed by atoms with Crippen molar-refractivity contribution >= 4 is 15.9 Å². The molecule has 5 heteroatoms. The fraction of sp³-hybridized carbons (Fsp3) is 0.429. The molecule has 0 unspecified atom stereocenters. The quantitative estimate of drug-likeness (QED) is 0.941. The van der Waals surface area contributed by atoms with Crippen LogP contribution >= 0.6 is 15.9 Å². The Labute approximate surface area is 121 Å². The summed E-state index contributed by atoms with van der Waals surface area (Å²) in [4.78, 5) is 0. The van der Waals surface area contributed by atoms with Gasteiger partial charge in [0.2, 0.25) is 0 Å². The topological polar surface area (TPSA) is 42.7 Å². The molecular formula is C14H17BrN4. The van der Waals surface area contributed by atoms with Crippen LogP contribution in [0.5, 0.6) is 0 Å². The zero-order chi connectivity index (χ0) is 13.4. The molecule has 0 saturated heterocycles. The highest BCUT2D eigenvalue weighted by molar-refractivity contribution is 9.10. The Morgan fingerprint density at radius 1 is 1.32 bits per heavy atom. The van der Waals surface area contributed by atoms with Gasteiger partial charge in [0.25, 0.3) is 0 Å². The molecule has 1 saturated carbocycles. The van der Waals surface area contributed by atoms with Gasteiger partial charge in [0.05, 0.1) is 17.6 Å². The van der Waals surface area contributed by atoms with Crippen LogP contribution in [0.15, 0.2) is 22.8 Å². The maximum absolute atomic E-state index is 4.21. The average Bonchev–Trinajstić information content (AvgIpc) is 3.10. The van der Waals surface area contributed by atoms with Crippen LogP contribution in [0, 0.1) is 13.8 Å². The minimum absolute atomic E-state index is 0.691. The summed E-state index contributed by atoms with van der Waals surface area (Å²) in [5.41, 5.74) is 4.61. The van der Waals surface area contributed by atoms with Crippen molar-refractivity contribution in [1.82, 2.24) is 20.3 Å². The predicted molar refractivity (Wildman–Crippen MR) is 78.4 cm³/mol. The molecule has 100 valence electrons. The maximum atomic E-state index is 4.21. The second-order valence-corrected chi connectivity index (χ2v) is 5.98. The summed E-state index contributed by atoms with van der Waals surface area (Å²) in [6.07, 6.45) is 4.41. The van der Waals surface area contributed by atoms with E-state index in [1.807, 2.05) is 10.9 Å². The summed E-state index contributed by atoms with van der Waals surface area (Å²) in [6.45, 7) is 5.02. The molecule has 0 atom stereocenters. The van der Waals surface area contributed by atoms with Crippen LogP contribution in [0.2, 0.25) is 0 Å². The predicted octanol–water partition coefficient (Wildman–Crippen LogP) is 2.90. The van der Waals surface area contributed by atoms with E-state index in [1.165, 1.54) is 24.0 Å². The Balaban J connectivity index is 1.90. The van der Waals surface area contributed by atoms with E-state index < -0.39 is 0 Å². The van der Waals surface area contributed by atoms with E-state index in [2.05, 4.69) is 57.5 Å². The average molecular weight is 321 g/mol. The summed E-state index contributed by atoms with van der Waals surface area (Å²) in [6, 6.07) is 4.95. The molecule has 1 N–H and O–H groups in total. The molecule has 4 nitrogen and oxygen atoms in total. The Hall–Kier alpha value is -1.20. The largest absolute Gasteiger partial charge is 0.308 e. The maximum Gasteiger partial charge on any atom is 0.0783 e. The lowest BCUT2D eigenvalue weighted by Crippen LogP contribution is -2.18. The van der Waals surface area contributed by atoms with Crippen LogP contribution in [0.4, 0.5) is 0 Å². The van der Waals surface area contributed by atoms with Crippen LogP contribution in [0.3, 0.4) is 0 Å². The lowest BCUT2D eigenvalue weighted by molar-refractivity contribution is 0.646. The van der Waals surface area contributed by atoms with Crippen molar-refractivity contribution in [1.29, 1.82) is 0 Å². The van der Waals surface area contributed by atoms with Crippen molar-refractivity contribution in [3.63, 3.8) is 0 Å². The Morgan fingerprint density at radius 3 is 2.63 bits per heavy atom. The normalized spacial score (nSPS) is 14.9. The number of benzene rings is 1. The lowest BCUT2D eigenvalue weighted by Gasteiger charge is -2.10. The van der Waals surface area contributed by atoms with E-state index in [0.717, 1.165) is 22.4 Å². The van der Waals surface area contributed by atoms with Crippen molar-refractivity contribution in [2.75, 3.05) is 0 Å². The van der Waals surface area contributed by atoms with Crippen LogP contribution in [0.1, 0.15) is 29.7 Å². The molecule has 0 bridgehead atoms. The van der Waals surface area contributed by atoms with Gasteiger partial charge in [-0.05, 0) is 49.9 Å². The van der Waals surface area contributed by atoms with Crippen molar-refractivity contribution in [3.05, 3.63) is 39.6 Å². The zero-order valence-electron chi connectivity index (χ0n) is 11.2. The summed E-state index contributed by atoms with van der Waals surface area (Å²) < 4.78 is 3.08. The van der Waals surface area contributed by atoms with Gasteiger partial charge >= 0.3 is 0 Å². The van der Waals surface area contributed by atoms with Crippen molar-refractivity contribution in [2.24, 2.45) is 0 Å². The molecule has 1 aromatic carbocycles. The smallest absolute Gasteiger partial charge is 0.0783 e. The molecule has 1 heterocycles. The van der Waals surface area contributed by atoms with Gasteiger partial charge in [-0.3, -0.25) is 0 Å². The molecule has 1 fully saturated rings. The first-order valence-electron chi connectivity index (χ1n) is 6.55. The first kappa shape index (κ1) is 12.8. The van der Waals surface area contributed by atoms with Gasteiger partial charge in [-0.25, -0.2) is 4.68 Å². The van der Waals surface area contributed by atoms with Crippen molar-refractivity contribution in [3.8, 4) is 5.69 Å². The SMILES string of the molecule is Cc1cc(-n2nncc2CNC2CC2)cc(C)c1Br. The highest BCUT2D eigenvalue weighted by atomic mass is 79.9. The van der Waals surface area contributed by atoms with Crippen LogP contribution < -0.4 is 5.32 Å². The fourth-order valence-electron chi connectivity index (χ4n) is 2.18. The van der Waals surface area contributed by atoms with Gasteiger partial charge in [-0.1, -0.05) is 21.1 Å². The summed E-state index contributed by atoms with van der Waals surface area (Å²) in [5, 5.41) is 11.7. The van der Waals surface area contributed by atoms with Gasteiger partial charge in [0.1, 0.15) is 0 Å². The van der Waals surface area contributed by atoms with Gasteiger partial charge in [0.15, 0.2) is 0 Å². The Morgan fingerprint density at radius 2 is 2.00 bits per heavy atom. The number of nitrogens with zero attached hydrogens (tertiary/aromatic N) is 3. The molecule has 1 aliphatic rings. The Bertz CT molecular complexity index is 578. The second-order valence-electron chi connectivity index (χ2n) is 5.19. The molecular weight excluding hydrogens is 304 g/mol. The molecule has 1 aromatic heterocycles. The number of nitrogens with one attached hydrogen (secondary N) is 1. The van der Waals surface area contributed by atoms with Gasteiger partial charge in [-0.15, -0.1) is 5.10 Å². The highest BCUT2D eigenvalue weighted by Gasteiger charge is 2.21. The monoisotopic (exact) mass is 320 g/mol. The first-order valence-corrected chi connectivity index (χ1v) is 7.34. The van der Waals surface area contributed by atoms with Crippen LogP contribution in [0.25, 0.3) is 5.69 Å². The van der Waals surface area contributed by atoms with E-state index in [1.54, 1.807) is 0 Å². The number of halogens is 1. The zero-order valence-corrected chi connectivity index (χ0v) is 12.7. The third-order valence-electron chi connectivity index (χ3n) is 3.43. The van der Waals surface area contributed by atoms with E-state index in [-0.39, 0.29) is 0 Å². The molecule has 0 aliphatic heterocycles. The standard InChI is InChI=1S/C14H17BrN4/c1-9-5-12(6-10(2)14(9)15)19-13(8-17-18-19)7-16-11-3-4-11/h5-6,8,11,16H,3-4,7H2,1-2H3. The molecule has 19 heavy (non-hydrogen) atoms. The number of hydrogen-bond acceptors (Lipinski definition) is 3. The molecule has 1 aliphatic carbocycles. The lowest BCUT2D eigenvalue weighted by atomic mass is 10.1. The molecule has 0 amide bonds. The minimum Gasteiger partial charge on any atom is -0.308 e. The van der Waals surface area contributed by atoms with Gasteiger partial charge in [-0.2, -0.15) is 0 Å². The van der Waals surface area contributed by atoms with Crippen LogP contribution in [-0.2, 0) is 6.54 Å². The van der Waals surface area contributed by atoms with E-state index in [0.29, 0.717) is 6.04 Å². The molecule has 0 spiro atoms. The molecule has 0 radical (unpaired) electrons. The van der Waals surface area contributed by atoms with Gasteiger partial charge in [0, 0.05) is 17.1 Å². The van der Waals surface area contributed by atoms with Crippen molar-refractivity contribution in [2.45, 2.75) is 39.3 Å². The summed E-state index contributed by atoms with van der Waals surface area (Å²) in [5.74, 6) is 0. The Kier molecular flexibility index (Phi) is 3.41. The van der Waals surface area contributed by atoms with E-state index >= 15 is 0 Å². The minimum atomic E-state index is 0.691. The third-order valence-corrected chi connectivity index (χ3v) is 4.69.